The number of nitrogens with zero attached hydrogens (tertiary/aromatic N) is 1. The highest BCUT2D eigenvalue weighted by molar-refractivity contribution is 7.07. The summed E-state index contributed by atoms with van der Waals surface area (Å²) in [7, 11) is 0. The Morgan fingerprint density at radius 2 is 2.31 bits per heavy atom. The van der Waals surface area contributed by atoms with Crippen LogP contribution in [0.5, 0.6) is 5.75 Å². The number of hydrogen-bond donors (Lipinski definition) is 1. The molecular weight excluding hydrogens is 220 g/mol. The average Bonchev–Trinajstić information content (AvgIpc) is 2.80. The maximum Gasteiger partial charge on any atom is 0.131 e. The molecular formula is C12H14N2OS. The zero-order valence-corrected chi connectivity index (χ0v) is 9.74. The molecule has 0 unspecified atom stereocenters. The Labute approximate surface area is 98.9 Å². The lowest BCUT2D eigenvalue weighted by atomic mass is 10.1. The van der Waals surface area contributed by atoms with Crippen LogP contribution in [0, 0.1) is 0 Å². The molecule has 1 heterocycles. The molecule has 0 aliphatic heterocycles. The van der Waals surface area contributed by atoms with Crippen molar-refractivity contribution in [2.75, 3.05) is 6.54 Å². The second-order valence-corrected chi connectivity index (χ2v) is 4.17. The Hall–Kier alpha value is -1.39. The van der Waals surface area contributed by atoms with Crippen LogP contribution in [0.25, 0.3) is 0 Å². The van der Waals surface area contributed by atoms with E-state index >= 15 is 0 Å². The summed E-state index contributed by atoms with van der Waals surface area (Å²) in [5.74, 6) is 0.874. The molecule has 0 saturated heterocycles. The fraction of sp³-hybridized carbons (Fsp3) is 0.250. The van der Waals surface area contributed by atoms with E-state index in [0.717, 1.165) is 17.9 Å². The van der Waals surface area contributed by atoms with Crippen molar-refractivity contribution in [3.8, 4) is 5.75 Å². The van der Waals surface area contributed by atoms with Gasteiger partial charge in [0.05, 0.1) is 11.2 Å². The van der Waals surface area contributed by atoms with E-state index < -0.39 is 0 Å². The molecule has 2 rings (SSSR count). The van der Waals surface area contributed by atoms with Gasteiger partial charge in [0.25, 0.3) is 0 Å². The summed E-state index contributed by atoms with van der Waals surface area (Å²) < 4.78 is 5.64. The lowest BCUT2D eigenvalue weighted by molar-refractivity contribution is 0.302. The topological polar surface area (TPSA) is 48.1 Å². The first-order chi connectivity index (χ1) is 7.88. The van der Waals surface area contributed by atoms with Crippen molar-refractivity contribution in [3.05, 3.63) is 46.4 Å². The summed E-state index contributed by atoms with van der Waals surface area (Å²) in [5.41, 5.74) is 9.49. The average molecular weight is 234 g/mol. The highest BCUT2D eigenvalue weighted by atomic mass is 32.1. The minimum absolute atomic E-state index is 0.523. The standard InChI is InChI=1S/C12H14N2OS/c13-5-4-10-2-1-3-12(6-10)15-7-11-8-16-9-14-11/h1-3,6,8-9H,4-5,7,13H2. The van der Waals surface area contributed by atoms with E-state index in [-0.39, 0.29) is 0 Å². The van der Waals surface area contributed by atoms with Gasteiger partial charge >= 0.3 is 0 Å². The molecule has 1 aromatic carbocycles. The third kappa shape index (κ3) is 3.05. The first-order valence-electron chi connectivity index (χ1n) is 5.17. The van der Waals surface area contributed by atoms with Crippen LogP contribution >= 0.6 is 11.3 Å². The van der Waals surface area contributed by atoms with Crippen molar-refractivity contribution in [3.63, 3.8) is 0 Å². The second kappa shape index (κ2) is 5.63. The summed E-state index contributed by atoms with van der Waals surface area (Å²) >= 11 is 1.58. The van der Waals surface area contributed by atoms with Crippen molar-refractivity contribution in [1.29, 1.82) is 0 Å². The monoisotopic (exact) mass is 234 g/mol. The Morgan fingerprint density at radius 1 is 1.38 bits per heavy atom. The lowest BCUT2D eigenvalue weighted by Crippen LogP contribution is -2.03. The summed E-state index contributed by atoms with van der Waals surface area (Å²) in [6, 6.07) is 8.02. The number of nitrogens with two attached hydrogens (primary N) is 1. The van der Waals surface area contributed by atoms with Gasteiger partial charge in [0.15, 0.2) is 0 Å². The molecule has 0 fully saturated rings. The molecule has 0 bridgehead atoms. The molecule has 2 aromatic rings. The molecule has 4 heteroatoms. The van der Waals surface area contributed by atoms with Crippen molar-refractivity contribution in [2.45, 2.75) is 13.0 Å². The fourth-order valence-electron chi connectivity index (χ4n) is 1.42. The molecule has 0 spiro atoms. The van der Waals surface area contributed by atoms with Gasteiger partial charge in [0.1, 0.15) is 12.4 Å². The number of benzene rings is 1. The minimum Gasteiger partial charge on any atom is -0.487 e. The van der Waals surface area contributed by atoms with Gasteiger partial charge in [0.2, 0.25) is 0 Å². The normalized spacial score (nSPS) is 10.3. The van der Waals surface area contributed by atoms with Gasteiger partial charge in [-0.3, -0.25) is 0 Å². The Kier molecular flexibility index (Phi) is 3.91. The molecule has 0 saturated carbocycles. The van der Waals surface area contributed by atoms with Crippen LogP contribution in [0.3, 0.4) is 0 Å². The van der Waals surface area contributed by atoms with Gasteiger partial charge in [-0.05, 0) is 30.7 Å². The van der Waals surface area contributed by atoms with Crippen LogP contribution in [-0.4, -0.2) is 11.5 Å². The largest absolute Gasteiger partial charge is 0.487 e. The van der Waals surface area contributed by atoms with E-state index in [4.69, 9.17) is 10.5 Å². The van der Waals surface area contributed by atoms with Crippen LogP contribution < -0.4 is 10.5 Å². The molecule has 84 valence electrons. The first kappa shape index (κ1) is 11.1. The number of hydrogen-bond acceptors (Lipinski definition) is 4. The number of aromatic nitrogens is 1. The predicted molar refractivity (Wildman–Crippen MR) is 65.6 cm³/mol. The Bertz CT molecular complexity index is 428. The lowest BCUT2D eigenvalue weighted by Gasteiger charge is -2.06. The van der Waals surface area contributed by atoms with Crippen LogP contribution in [0.1, 0.15) is 11.3 Å². The van der Waals surface area contributed by atoms with Crippen LogP contribution in [0.2, 0.25) is 0 Å². The maximum atomic E-state index is 5.64. The third-order valence-electron chi connectivity index (χ3n) is 2.20. The molecule has 0 atom stereocenters. The maximum absolute atomic E-state index is 5.64. The molecule has 0 radical (unpaired) electrons. The van der Waals surface area contributed by atoms with Crippen LogP contribution in [0.4, 0.5) is 0 Å². The van der Waals surface area contributed by atoms with Crippen molar-refractivity contribution < 1.29 is 4.74 Å². The Morgan fingerprint density at radius 3 is 3.06 bits per heavy atom. The van der Waals surface area contributed by atoms with Crippen LogP contribution in [0.15, 0.2) is 35.2 Å². The fourth-order valence-corrected chi connectivity index (χ4v) is 1.97. The molecule has 3 nitrogen and oxygen atoms in total. The Balaban J connectivity index is 1.96. The number of thiazole rings is 1. The summed E-state index contributed by atoms with van der Waals surface area (Å²) in [6.07, 6.45) is 0.883. The zero-order valence-electron chi connectivity index (χ0n) is 8.93. The summed E-state index contributed by atoms with van der Waals surface area (Å²) in [5, 5.41) is 1.99. The third-order valence-corrected chi connectivity index (χ3v) is 2.84. The van der Waals surface area contributed by atoms with E-state index in [9.17, 15) is 0 Å². The second-order valence-electron chi connectivity index (χ2n) is 3.45. The highest BCUT2D eigenvalue weighted by Gasteiger charge is 1.98. The SMILES string of the molecule is NCCc1cccc(OCc2cscn2)c1. The van der Waals surface area contributed by atoms with Gasteiger partial charge < -0.3 is 10.5 Å². The van der Waals surface area contributed by atoms with E-state index in [0.29, 0.717) is 13.2 Å². The van der Waals surface area contributed by atoms with Gasteiger partial charge in [-0.25, -0.2) is 4.98 Å². The molecule has 0 aliphatic rings. The van der Waals surface area contributed by atoms with E-state index in [1.807, 2.05) is 29.1 Å². The number of ether oxygens (including phenoxy) is 1. The first-order valence-corrected chi connectivity index (χ1v) is 6.11. The van der Waals surface area contributed by atoms with E-state index in [1.54, 1.807) is 11.3 Å². The predicted octanol–water partition coefficient (Wildman–Crippen LogP) is 2.22. The van der Waals surface area contributed by atoms with Gasteiger partial charge in [-0.1, -0.05) is 12.1 Å². The molecule has 1 aromatic heterocycles. The van der Waals surface area contributed by atoms with Crippen molar-refractivity contribution in [1.82, 2.24) is 4.98 Å². The van der Waals surface area contributed by atoms with E-state index in [1.165, 1.54) is 5.56 Å². The molecule has 16 heavy (non-hydrogen) atoms. The van der Waals surface area contributed by atoms with Gasteiger partial charge in [0, 0.05) is 5.38 Å². The highest BCUT2D eigenvalue weighted by Crippen LogP contribution is 2.15. The number of rotatable bonds is 5. The zero-order chi connectivity index (χ0) is 11.2. The molecule has 2 N–H and O–H groups in total. The van der Waals surface area contributed by atoms with Crippen LogP contribution in [-0.2, 0) is 13.0 Å². The van der Waals surface area contributed by atoms with Gasteiger partial charge in [-0.2, -0.15) is 0 Å². The summed E-state index contributed by atoms with van der Waals surface area (Å²) in [4.78, 5) is 4.16. The van der Waals surface area contributed by atoms with Crippen molar-refractivity contribution in [2.24, 2.45) is 5.73 Å². The minimum atomic E-state index is 0.523. The van der Waals surface area contributed by atoms with Gasteiger partial charge in [-0.15, -0.1) is 11.3 Å². The smallest absolute Gasteiger partial charge is 0.131 e. The molecule has 0 aliphatic carbocycles. The van der Waals surface area contributed by atoms with Crippen molar-refractivity contribution >= 4 is 11.3 Å². The summed E-state index contributed by atoms with van der Waals surface area (Å²) in [6.45, 7) is 1.19. The molecule has 0 amide bonds. The quantitative estimate of drug-likeness (QED) is 0.863. The van der Waals surface area contributed by atoms with E-state index in [2.05, 4.69) is 11.1 Å².